The average Bonchev–Trinajstić information content (AvgIpc) is 3.14. The molecule has 0 radical (unpaired) electrons. The van der Waals surface area contributed by atoms with Gasteiger partial charge in [0.1, 0.15) is 12.2 Å². The molecule has 1 fully saturated rings. The van der Waals surface area contributed by atoms with Crippen molar-refractivity contribution in [2.75, 3.05) is 10.6 Å². The van der Waals surface area contributed by atoms with Crippen LogP contribution in [0.25, 0.3) is 27.5 Å². The van der Waals surface area contributed by atoms with Crippen LogP contribution in [0.2, 0.25) is 5.02 Å². The molecular formula is C21H16ClF2N7O. The van der Waals surface area contributed by atoms with E-state index in [0.717, 1.165) is 0 Å². The second-order valence-corrected chi connectivity index (χ2v) is 8.07. The largest absolute Gasteiger partial charge is 0.366 e. The van der Waals surface area contributed by atoms with E-state index in [0.29, 0.717) is 33.4 Å². The fraction of sp³-hybridized carbons (Fsp3) is 0.238. The van der Waals surface area contributed by atoms with Gasteiger partial charge in [-0.15, -0.1) is 0 Å². The van der Waals surface area contributed by atoms with Gasteiger partial charge in [-0.1, -0.05) is 11.6 Å². The van der Waals surface area contributed by atoms with E-state index >= 15 is 4.39 Å². The zero-order chi connectivity index (χ0) is 22.6. The molecule has 3 heterocycles. The molecule has 0 bridgehead atoms. The Bertz CT molecular complexity index is 1420. The number of carbonyl (C=O) groups excluding carboxylic acids is 1. The maximum Gasteiger partial charge on any atom is 0.231 e. The first-order chi connectivity index (χ1) is 15.4. The van der Waals surface area contributed by atoms with Gasteiger partial charge in [0.05, 0.1) is 39.9 Å². The van der Waals surface area contributed by atoms with Gasteiger partial charge in [-0.2, -0.15) is 15.5 Å². The van der Waals surface area contributed by atoms with E-state index in [1.165, 1.54) is 6.20 Å². The summed E-state index contributed by atoms with van der Waals surface area (Å²) < 4.78 is 29.8. The van der Waals surface area contributed by atoms with Gasteiger partial charge in [0.2, 0.25) is 5.91 Å². The summed E-state index contributed by atoms with van der Waals surface area (Å²) in [6, 6.07) is 6.45. The standard InChI is InChI=1S/C21H16ClF2N7O/c1-9(7-25)27-20-18(24)17(22)16(13-8-26-29-19(13)20)10-2-3-31-11(4-10)5-15(30-31)28-21(32)12-6-14(12)23/h2-5,8-9,12,14,27H,6H2,1H3,(H,26,29)(H,28,30,32). The maximum absolute atomic E-state index is 15.2. The minimum Gasteiger partial charge on any atom is -0.366 e. The molecule has 1 aliphatic carbocycles. The summed E-state index contributed by atoms with van der Waals surface area (Å²) in [4.78, 5) is 12.0. The molecule has 0 aliphatic heterocycles. The number of hydrogen-bond donors (Lipinski definition) is 3. The summed E-state index contributed by atoms with van der Waals surface area (Å²) in [5, 5.41) is 26.0. The Hall–Kier alpha value is -3.71. The minimum absolute atomic E-state index is 0.0713. The van der Waals surface area contributed by atoms with Crippen LogP contribution in [-0.2, 0) is 4.79 Å². The number of carbonyl (C=O) groups is 1. The number of amides is 1. The summed E-state index contributed by atoms with van der Waals surface area (Å²) in [6.45, 7) is 1.60. The number of aromatic amines is 1. The van der Waals surface area contributed by atoms with Crippen molar-refractivity contribution in [3.63, 3.8) is 0 Å². The van der Waals surface area contributed by atoms with Crippen molar-refractivity contribution in [1.29, 1.82) is 5.26 Å². The third-order valence-corrected chi connectivity index (χ3v) is 5.75. The van der Waals surface area contributed by atoms with Crippen LogP contribution in [0.4, 0.5) is 20.3 Å². The van der Waals surface area contributed by atoms with Crippen LogP contribution < -0.4 is 10.6 Å². The number of anilines is 2. The van der Waals surface area contributed by atoms with Crippen LogP contribution in [0.15, 0.2) is 30.6 Å². The van der Waals surface area contributed by atoms with E-state index in [1.807, 2.05) is 6.07 Å². The van der Waals surface area contributed by atoms with Gasteiger partial charge < -0.3 is 10.6 Å². The fourth-order valence-electron chi connectivity index (χ4n) is 3.65. The highest BCUT2D eigenvalue weighted by atomic mass is 35.5. The number of nitrogens with one attached hydrogen (secondary N) is 3. The maximum atomic E-state index is 15.2. The summed E-state index contributed by atoms with van der Waals surface area (Å²) in [5.74, 6) is -1.43. The highest BCUT2D eigenvalue weighted by Crippen LogP contribution is 2.42. The molecule has 8 nitrogen and oxygen atoms in total. The Morgan fingerprint density at radius 2 is 2.25 bits per heavy atom. The molecule has 1 amide bonds. The van der Waals surface area contributed by atoms with Crippen LogP contribution >= 0.6 is 11.6 Å². The molecule has 0 saturated heterocycles. The monoisotopic (exact) mass is 455 g/mol. The predicted molar refractivity (Wildman–Crippen MR) is 116 cm³/mol. The number of hydrogen-bond acceptors (Lipinski definition) is 5. The normalized spacial score (nSPS) is 18.5. The lowest BCUT2D eigenvalue weighted by Gasteiger charge is -2.15. The van der Waals surface area contributed by atoms with E-state index in [-0.39, 0.29) is 17.1 Å². The molecule has 3 N–H and O–H groups in total. The molecule has 4 aromatic rings. The van der Waals surface area contributed by atoms with Crippen molar-refractivity contribution < 1.29 is 13.6 Å². The van der Waals surface area contributed by atoms with Crippen molar-refractivity contribution in [3.05, 3.63) is 41.4 Å². The lowest BCUT2D eigenvalue weighted by atomic mass is 10.0. The number of rotatable bonds is 5. The Morgan fingerprint density at radius 3 is 2.97 bits per heavy atom. The van der Waals surface area contributed by atoms with Crippen molar-refractivity contribution >= 4 is 45.4 Å². The number of pyridine rings is 1. The van der Waals surface area contributed by atoms with Crippen molar-refractivity contribution in [2.24, 2.45) is 5.92 Å². The molecular weight excluding hydrogens is 440 g/mol. The Labute approximate surface area is 185 Å². The first-order valence-electron chi connectivity index (χ1n) is 9.82. The molecule has 1 aliphatic rings. The Morgan fingerprint density at radius 1 is 1.47 bits per heavy atom. The van der Waals surface area contributed by atoms with Crippen molar-refractivity contribution in [2.45, 2.75) is 25.6 Å². The van der Waals surface area contributed by atoms with Gasteiger partial charge in [0.15, 0.2) is 11.6 Å². The smallest absolute Gasteiger partial charge is 0.231 e. The topological polar surface area (TPSA) is 111 Å². The minimum atomic E-state index is -1.10. The van der Waals surface area contributed by atoms with Gasteiger partial charge in [0.25, 0.3) is 0 Å². The summed E-state index contributed by atoms with van der Waals surface area (Å²) in [7, 11) is 0. The number of fused-ring (bicyclic) bond motifs is 2. The number of benzene rings is 1. The molecule has 0 spiro atoms. The van der Waals surface area contributed by atoms with E-state index in [2.05, 4.69) is 25.9 Å². The van der Waals surface area contributed by atoms with Gasteiger partial charge >= 0.3 is 0 Å². The fourth-order valence-corrected chi connectivity index (χ4v) is 3.95. The molecule has 3 aromatic heterocycles. The van der Waals surface area contributed by atoms with Crippen LogP contribution in [0, 0.1) is 23.1 Å². The molecule has 32 heavy (non-hydrogen) atoms. The van der Waals surface area contributed by atoms with Crippen LogP contribution in [-0.4, -0.2) is 37.9 Å². The first-order valence-corrected chi connectivity index (χ1v) is 10.2. The average molecular weight is 456 g/mol. The van der Waals surface area contributed by atoms with Gasteiger partial charge in [-0.05, 0) is 31.0 Å². The molecule has 5 rings (SSSR count). The number of H-pyrrole nitrogens is 1. The summed E-state index contributed by atoms with van der Waals surface area (Å²) >= 11 is 6.42. The lowest BCUT2D eigenvalue weighted by Crippen LogP contribution is -2.15. The van der Waals surface area contributed by atoms with Crippen molar-refractivity contribution in [3.8, 4) is 17.2 Å². The number of alkyl halides is 1. The van der Waals surface area contributed by atoms with Crippen molar-refractivity contribution in [1.82, 2.24) is 19.8 Å². The third kappa shape index (κ3) is 3.31. The van der Waals surface area contributed by atoms with E-state index in [4.69, 9.17) is 16.9 Å². The van der Waals surface area contributed by atoms with E-state index < -0.39 is 29.9 Å². The number of halogens is 3. The highest BCUT2D eigenvalue weighted by molar-refractivity contribution is 6.36. The molecule has 1 aromatic carbocycles. The van der Waals surface area contributed by atoms with Crippen LogP contribution in [0.1, 0.15) is 13.3 Å². The molecule has 162 valence electrons. The molecule has 3 atom stereocenters. The molecule has 3 unspecified atom stereocenters. The zero-order valence-electron chi connectivity index (χ0n) is 16.7. The second-order valence-electron chi connectivity index (χ2n) is 7.69. The zero-order valence-corrected chi connectivity index (χ0v) is 17.4. The molecule has 11 heteroatoms. The third-order valence-electron chi connectivity index (χ3n) is 5.40. The predicted octanol–water partition coefficient (Wildman–Crippen LogP) is 4.29. The van der Waals surface area contributed by atoms with Gasteiger partial charge in [0, 0.05) is 23.2 Å². The summed E-state index contributed by atoms with van der Waals surface area (Å²) in [5.41, 5.74) is 2.11. The second kappa shape index (κ2) is 7.46. The Kier molecular flexibility index (Phi) is 4.71. The van der Waals surface area contributed by atoms with Crippen LogP contribution in [0.5, 0.6) is 0 Å². The van der Waals surface area contributed by atoms with Gasteiger partial charge in [-0.25, -0.2) is 13.3 Å². The first kappa shape index (κ1) is 20.2. The number of nitriles is 1. The SMILES string of the molecule is CC(C#N)Nc1c(F)c(Cl)c(-c2ccn3nc(NC(=O)C4CC4F)cc3c2)c2cn[nH]c12. The summed E-state index contributed by atoms with van der Waals surface area (Å²) in [6.07, 6.45) is 2.32. The highest BCUT2D eigenvalue weighted by Gasteiger charge is 2.43. The van der Waals surface area contributed by atoms with Gasteiger partial charge in [-0.3, -0.25) is 9.89 Å². The number of nitrogens with zero attached hydrogens (tertiary/aromatic N) is 4. The number of aromatic nitrogens is 4. The quantitative estimate of drug-likeness (QED) is 0.415. The van der Waals surface area contributed by atoms with E-state index in [1.54, 1.807) is 35.8 Å². The molecule has 1 saturated carbocycles. The van der Waals surface area contributed by atoms with E-state index in [9.17, 15) is 9.18 Å². The van der Waals surface area contributed by atoms with Crippen LogP contribution in [0.3, 0.4) is 0 Å². The lowest BCUT2D eigenvalue weighted by molar-refractivity contribution is -0.117. The Balaban J connectivity index is 1.56.